The molecule has 0 aliphatic carbocycles. The summed E-state index contributed by atoms with van der Waals surface area (Å²) in [4.78, 5) is 87.4. The van der Waals surface area contributed by atoms with Gasteiger partial charge in [0.05, 0.1) is 44.6 Å². The van der Waals surface area contributed by atoms with Crippen LogP contribution in [0.2, 0.25) is 39.9 Å². The summed E-state index contributed by atoms with van der Waals surface area (Å²) in [7, 11) is 10.6. The number of aliphatic imine (C=N–C) groups is 1. The van der Waals surface area contributed by atoms with Crippen molar-refractivity contribution in [2.75, 3.05) is 49.0 Å². The number of hydrogen-bond donors (Lipinski definition) is 4. The number of thiazole rings is 5. The van der Waals surface area contributed by atoms with E-state index >= 15 is 0 Å². The third-order valence-electron chi connectivity index (χ3n) is 15.9. The van der Waals surface area contributed by atoms with E-state index in [1.54, 1.807) is 63.8 Å². The molecule has 630 valence electrons. The summed E-state index contributed by atoms with van der Waals surface area (Å²) in [6.07, 6.45) is 14.7. The number of nitrogens with two attached hydrogens (primary N) is 3. The molecule has 5 aromatic carbocycles. The number of aromatic nitrogens is 12. The zero-order valence-corrected chi connectivity index (χ0v) is 84.7. The molecule has 13 aromatic rings. The zero-order valence-electron chi connectivity index (χ0n) is 65.2. The molecule has 119 heavy (non-hydrogen) atoms. The fourth-order valence-corrected chi connectivity index (χ4v) is 21.6. The van der Waals surface area contributed by atoms with Crippen LogP contribution < -0.4 is 21.0 Å². The molecule has 7 N–H and O–H groups in total. The number of benzene rings is 5. The van der Waals surface area contributed by atoms with Crippen molar-refractivity contribution in [1.29, 1.82) is 0 Å². The molecule has 2 amide bonds. The van der Waals surface area contributed by atoms with E-state index in [0.29, 0.717) is 84.3 Å². The molecular formula is C78H81Br5Cl6N18O6S5Sn. The average molecular weight is 2260 g/mol. The molecular weight excluding hydrogens is 2180 g/mol. The second kappa shape index (κ2) is 51.8. The van der Waals surface area contributed by atoms with Gasteiger partial charge in [-0.1, -0.05) is 119 Å². The number of ether oxygens (including phenoxy) is 3. The molecule has 1 aliphatic rings. The third kappa shape index (κ3) is 34.6. The van der Waals surface area contributed by atoms with Crippen molar-refractivity contribution < 1.29 is 28.6 Å². The number of carbonyl (C=O) groups is 3. The van der Waals surface area contributed by atoms with E-state index in [-0.39, 0.29) is 18.5 Å². The monoisotopic (exact) mass is 2250 g/mol. The number of hydrogen-bond acceptors (Lipinski definition) is 24. The first-order valence-electron chi connectivity index (χ1n) is 35.4. The minimum absolute atomic E-state index is 0.00826. The number of carbonyl (C=O) groups excluding carboxylic acids is 3. The first-order chi connectivity index (χ1) is 56.8. The van der Waals surface area contributed by atoms with Crippen molar-refractivity contribution in [3.05, 3.63) is 274 Å². The molecule has 0 radical (unpaired) electrons. The second-order valence-electron chi connectivity index (χ2n) is 26.3. The van der Waals surface area contributed by atoms with Crippen LogP contribution >= 0.6 is 206 Å². The molecule has 14 rings (SSSR count). The number of aromatic amines is 1. The summed E-state index contributed by atoms with van der Waals surface area (Å²) in [5.74, 6) is 8.71. The van der Waals surface area contributed by atoms with Gasteiger partial charge in [0.1, 0.15) is 27.3 Å². The van der Waals surface area contributed by atoms with E-state index in [1.165, 1.54) is 46.7 Å². The number of methoxy groups -OCH3 is 2. The quantitative estimate of drug-likeness (QED) is 0.00987. The summed E-state index contributed by atoms with van der Waals surface area (Å²) >= 11 is 56.7. The van der Waals surface area contributed by atoms with Crippen molar-refractivity contribution in [3.63, 3.8) is 0 Å². The van der Waals surface area contributed by atoms with Gasteiger partial charge in [0.15, 0.2) is 37.5 Å². The summed E-state index contributed by atoms with van der Waals surface area (Å²) in [5.41, 5.74) is 14.7. The molecule has 0 saturated carbocycles. The number of pyridine rings is 1. The Morgan fingerprint density at radius 3 is 1.32 bits per heavy atom. The summed E-state index contributed by atoms with van der Waals surface area (Å²) in [5, 5.41) is 14.4. The zero-order chi connectivity index (χ0) is 86.9. The SMILES string of the molecule is CN(C)C=NC(=O)c1sc(Br)nc1Cc1ccc(Cl)cc1.COC(OC)N(C)C.Clc1ccc(Cc2nc(Br)sc2-c2ncn(C3CCCCO3)n2)cc1.Clc1ccc(Cc2nc(Br)sc2-c2ncn[nH]2)cc1.NC(=O)c1sc(Br)nc1Cc1ccc(Cl)cc1.NN.O=C(Cl)c1sc(Br)nc1Cc1ccc(Cl)cc1.[CH3][Sn]([CH3])([CH3])[c]1ccncc1. The summed E-state index contributed by atoms with van der Waals surface area (Å²) in [6.45, 7) is 0.785. The van der Waals surface area contributed by atoms with Crippen LogP contribution in [-0.4, -0.2) is 167 Å². The Balaban J connectivity index is 0.000000195. The number of halogens is 11. The van der Waals surface area contributed by atoms with Crippen molar-refractivity contribution in [2.45, 2.75) is 78.8 Å². The Bertz CT molecular complexity index is 5200. The van der Waals surface area contributed by atoms with Gasteiger partial charge in [0.2, 0.25) is 6.41 Å². The Hall–Kier alpha value is -5.34. The molecule has 24 nitrogen and oxygen atoms in total. The van der Waals surface area contributed by atoms with Gasteiger partial charge < -0.3 is 24.8 Å². The van der Waals surface area contributed by atoms with E-state index in [9.17, 15) is 14.4 Å². The van der Waals surface area contributed by atoms with E-state index < -0.39 is 29.5 Å². The van der Waals surface area contributed by atoms with E-state index in [0.717, 1.165) is 111 Å². The molecule has 1 saturated heterocycles. The van der Waals surface area contributed by atoms with Gasteiger partial charge in [-0.3, -0.25) is 36.1 Å². The Morgan fingerprint density at radius 2 is 0.958 bits per heavy atom. The Labute approximate surface area is 786 Å². The van der Waals surface area contributed by atoms with Gasteiger partial charge in [0.25, 0.3) is 17.1 Å². The van der Waals surface area contributed by atoms with Gasteiger partial charge in [-0.05, 0) is 213 Å². The van der Waals surface area contributed by atoms with Crippen molar-refractivity contribution in [2.24, 2.45) is 22.4 Å². The fraction of sp³-hybridized carbons (Fsp3) is 0.256. The molecule has 1 fully saturated rings. The van der Waals surface area contributed by atoms with Crippen molar-refractivity contribution >= 4 is 251 Å². The normalized spacial score (nSPS) is 12.2. The third-order valence-corrected chi connectivity index (χ3v) is 31.2. The fourth-order valence-electron chi connectivity index (χ4n) is 10.4. The molecule has 1 atom stereocenters. The van der Waals surface area contributed by atoms with Crippen LogP contribution in [-0.2, 0) is 46.3 Å². The van der Waals surface area contributed by atoms with Crippen LogP contribution in [0, 0.1) is 0 Å². The first-order valence-corrected chi connectivity index (χ1v) is 55.7. The van der Waals surface area contributed by atoms with Gasteiger partial charge in [-0.15, -0.1) is 61.8 Å². The predicted molar refractivity (Wildman–Crippen MR) is 506 cm³/mol. The molecule has 1 aliphatic heterocycles. The maximum atomic E-state index is 12.1. The van der Waals surface area contributed by atoms with Crippen LogP contribution in [0.1, 0.15) is 111 Å². The molecule has 41 heteroatoms. The Morgan fingerprint density at radius 1 is 0.571 bits per heavy atom. The summed E-state index contributed by atoms with van der Waals surface area (Å²) in [6, 6.07) is 42.2. The number of amides is 2. The number of rotatable bonds is 21. The van der Waals surface area contributed by atoms with Gasteiger partial charge in [-0.25, -0.2) is 39.6 Å². The Kier molecular flexibility index (Phi) is 43.9. The van der Waals surface area contributed by atoms with Crippen LogP contribution in [0.15, 0.2) is 183 Å². The number of hydrazine groups is 1. The number of H-pyrrole nitrogens is 1. The van der Waals surface area contributed by atoms with Gasteiger partial charge in [0, 0.05) is 92.1 Å². The average Bonchev–Trinajstić information content (AvgIpc) is 1.67. The van der Waals surface area contributed by atoms with Crippen LogP contribution in [0.5, 0.6) is 0 Å². The van der Waals surface area contributed by atoms with E-state index in [2.05, 4.69) is 178 Å². The predicted octanol–water partition coefficient (Wildman–Crippen LogP) is 21.3. The maximum absolute atomic E-state index is 12.1. The number of primary amides is 1. The molecule has 0 bridgehead atoms. The van der Waals surface area contributed by atoms with Gasteiger partial charge >= 0.3 is 66.3 Å². The van der Waals surface area contributed by atoms with Gasteiger partial charge in [-0.2, -0.15) is 10.1 Å². The van der Waals surface area contributed by atoms with Crippen LogP contribution in [0.25, 0.3) is 21.4 Å². The van der Waals surface area contributed by atoms with Crippen molar-refractivity contribution in [3.8, 4) is 21.4 Å². The van der Waals surface area contributed by atoms with E-state index in [1.807, 2.05) is 159 Å². The first kappa shape index (κ1) is 101. The standard InChI is InChI=1S/C17H16BrClN4OS.C14H13BrClN3OS.C12H8BrClN4S.C11H6BrCl2NOS.C11H8BrClN2OS.C5H13NO2.C5H4N.3CH3.H4N2.Sn/c18-17-21-13(9-11-4-6-12(19)7-5-11)15(25-17)16-20-10-23(22-16)14-3-1-2-8-24-14;1-19(2)8-17-13(20)12-11(18-14(15)21-12)7-9-3-5-10(16)6-4-9;13-12-17-9(5-7-1-3-8(14)4-2-7)10(19-12)11-15-6-16-18-11;2*12-11-15-8(9(17-11)10(14)16)5-6-1-3-7(13)4-2-6;1-6(2)5(7-3)8-4;1-2-4-6-5-3-1;;;;1-2;/h4-7,10,14H,1-3,8-9H2;3-6,8H,7H2,1-2H3;1-4,6H,5H2,(H,15,16,18);1-4H,5H2;1-4H,5H2,(H2,14,16);5H,1-4H3;2-5H;3*1H3;1-2H2;. The van der Waals surface area contributed by atoms with Crippen LogP contribution in [0.3, 0.4) is 0 Å². The van der Waals surface area contributed by atoms with E-state index in [4.69, 9.17) is 89.5 Å². The molecule has 8 aromatic heterocycles. The molecule has 1 unspecified atom stereocenters. The number of nitrogens with one attached hydrogen (secondary N) is 1. The number of nitrogens with zero attached hydrogens (tertiary/aromatic N) is 14. The molecule has 0 spiro atoms. The second-order valence-corrected chi connectivity index (χ2v) is 54.7. The molecule has 9 heterocycles. The minimum atomic E-state index is -1.75. The summed E-state index contributed by atoms with van der Waals surface area (Å²) < 4.78 is 22.5. The topological polar surface area (TPSA) is 325 Å². The van der Waals surface area contributed by atoms with Crippen LogP contribution in [0.4, 0.5) is 0 Å². The van der Waals surface area contributed by atoms with Crippen molar-refractivity contribution in [1.82, 2.24) is 69.6 Å².